The summed E-state index contributed by atoms with van der Waals surface area (Å²) >= 11 is 7.87. The van der Waals surface area contributed by atoms with Crippen molar-refractivity contribution in [3.8, 4) is 0 Å². The first kappa shape index (κ1) is 16.4. The van der Waals surface area contributed by atoms with Gasteiger partial charge in [-0.25, -0.2) is 0 Å². The van der Waals surface area contributed by atoms with Gasteiger partial charge in [0.1, 0.15) is 0 Å². The Balaban J connectivity index is 2.04. The summed E-state index contributed by atoms with van der Waals surface area (Å²) in [5.41, 5.74) is 2.78. The molecule has 0 spiro atoms. The molecule has 0 saturated heterocycles. The van der Waals surface area contributed by atoms with E-state index in [2.05, 4.69) is 42.6 Å². The molecule has 1 atom stereocenters. The van der Waals surface area contributed by atoms with Crippen LogP contribution in [0.3, 0.4) is 0 Å². The third kappa shape index (κ3) is 5.06. The first-order chi connectivity index (χ1) is 10.2. The lowest BCUT2D eigenvalue weighted by Crippen LogP contribution is -2.18. The van der Waals surface area contributed by atoms with E-state index in [0.29, 0.717) is 6.04 Å². The van der Waals surface area contributed by atoms with Crippen LogP contribution in [0, 0.1) is 0 Å². The first-order valence-electron chi connectivity index (χ1n) is 7.37. The molecule has 2 rings (SSSR count). The van der Waals surface area contributed by atoms with Gasteiger partial charge in [0, 0.05) is 21.7 Å². The highest BCUT2D eigenvalue weighted by Crippen LogP contribution is 2.27. The molecule has 2 aromatic rings. The molecule has 2 aromatic carbocycles. The first-order valence-corrected chi connectivity index (χ1v) is 8.73. The lowest BCUT2D eigenvalue weighted by Gasteiger charge is -2.17. The molecule has 0 heterocycles. The fourth-order valence-corrected chi connectivity index (χ4v) is 3.69. The van der Waals surface area contributed by atoms with Crippen molar-refractivity contribution in [2.45, 2.75) is 30.7 Å². The normalized spacial score (nSPS) is 12.3. The van der Waals surface area contributed by atoms with Crippen molar-refractivity contribution in [3.05, 3.63) is 64.7 Å². The molecule has 112 valence electrons. The molecule has 1 N–H and O–H groups in total. The number of hydrogen-bond acceptors (Lipinski definition) is 2. The summed E-state index contributed by atoms with van der Waals surface area (Å²) < 4.78 is 0. The van der Waals surface area contributed by atoms with Crippen LogP contribution in [-0.2, 0) is 6.42 Å². The van der Waals surface area contributed by atoms with E-state index in [4.69, 9.17) is 11.6 Å². The Morgan fingerprint density at radius 3 is 2.67 bits per heavy atom. The number of halogens is 1. The van der Waals surface area contributed by atoms with Crippen molar-refractivity contribution in [2.24, 2.45) is 0 Å². The van der Waals surface area contributed by atoms with Gasteiger partial charge >= 0.3 is 0 Å². The average Bonchev–Trinajstić information content (AvgIpc) is 2.49. The Bertz CT molecular complexity index is 571. The number of benzene rings is 2. The van der Waals surface area contributed by atoms with Crippen LogP contribution in [0.25, 0.3) is 0 Å². The van der Waals surface area contributed by atoms with Gasteiger partial charge in [0.15, 0.2) is 0 Å². The van der Waals surface area contributed by atoms with Crippen LogP contribution in [-0.4, -0.2) is 12.8 Å². The number of thioether (sulfide) groups is 1. The number of rotatable bonds is 7. The van der Waals surface area contributed by atoms with Crippen LogP contribution in [0.4, 0.5) is 0 Å². The second-order valence-corrected chi connectivity index (χ2v) is 6.63. The fraction of sp³-hybridized carbons (Fsp3) is 0.333. The lowest BCUT2D eigenvalue weighted by molar-refractivity contribution is 0.660. The van der Waals surface area contributed by atoms with Crippen molar-refractivity contribution in [3.63, 3.8) is 0 Å². The van der Waals surface area contributed by atoms with Crippen LogP contribution in [0.1, 0.15) is 30.5 Å². The monoisotopic (exact) mass is 319 g/mol. The van der Waals surface area contributed by atoms with Crippen LogP contribution in [0.2, 0.25) is 5.02 Å². The minimum atomic E-state index is 0.353. The van der Waals surface area contributed by atoms with E-state index >= 15 is 0 Å². The Morgan fingerprint density at radius 2 is 1.95 bits per heavy atom. The van der Waals surface area contributed by atoms with Crippen molar-refractivity contribution < 1.29 is 0 Å². The maximum absolute atomic E-state index is 6.04. The van der Waals surface area contributed by atoms with Gasteiger partial charge in [-0.15, -0.1) is 11.8 Å². The van der Waals surface area contributed by atoms with Gasteiger partial charge in [0.05, 0.1) is 0 Å². The Hall–Kier alpha value is -0.960. The summed E-state index contributed by atoms with van der Waals surface area (Å²) in [6.07, 6.45) is 2.33. The minimum Gasteiger partial charge on any atom is -0.312 e. The zero-order valence-electron chi connectivity index (χ0n) is 12.6. The molecule has 3 heteroatoms. The third-order valence-electron chi connectivity index (χ3n) is 3.45. The smallest absolute Gasteiger partial charge is 0.0417 e. The molecule has 21 heavy (non-hydrogen) atoms. The molecule has 0 amide bonds. The highest BCUT2D eigenvalue weighted by molar-refractivity contribution is 7.99. The summed E-state index contributed by atoms with van der Waals surface area (Å²) in [7, 11) is 2.02. The summed E-state index contributed by atoms with van der Waals surface area (Å²) in [5, 5.41) is 4.22. The molecule has 1 unspecified atom stereocenters. The Kier molecular flexibility index (Phi) is 6.62. The predicted molar refractivity (Wildman–Crippen MR) is 94.4 cm³/mol. The van der Waals surface area contributed by atoms with E-state index in [-0.39, 0.29) is 0 Å². The average molecular weight is 320 g/mol. The van der Waals surface area contributed by atoms with Gasteiger partial charge in [0.25, 0.3) is 0 Å². The zero-order valence-corrected chi connectivity index (χ0v) is 14.2. The van der Waals surface area contributed by atoms with Crippen molar-refractivity contribution in [1.29, 1.82) is 0 Å². The minimum absolute atomic E-state index is 0.353. The molecule has 0 aliphatic heterocycles. The van der Waals surface area contributed by atoms with Gasteiger partial charge < -0.3 is 5.32 Å². The molecule has 0 aliphatic carbocycles. The second kappa shape index (κ2) is 8.47. The van der Waals surface area contributed by atoms with Gasteiger partial charge in [-0.1, -0.05) is 55.3 Å². The fourth-order valence-electron chi connectivity index (χ4n) is 2.34. The molecular formula is C18H22ClNS. The van der Waals surface area contributed by atoms with E-state index in [0.717, 1.165) is 17.2 Å². The lowest BCUT2D eigenvalue weighted by atomic mass is 10.0. The number of nitrogens with one attached hydrogen (secondary N) is 1. The van der Waals surface area contributed by atoms with Crippen molar-refractivity contribution in [1.82, 2.24) is 5.32 Å². The summed E-state index contributed by atoms with van der Waals surface area (Å²) in [4.78, 5) is 1.22. The summed E-state index contributed by atoms with van der Waals surface area (Å²) in [6.45, 7) is 2.22. The van der Waals surface area contributed by atoms with Gasteiger partial charge in [-0.2, -0.15) is 0 Å². The third-order valence-corrected chi connectivity index (χ3v) is 4.78. The van der Waals surface area contributed by atoms with E-state index in [1.54, 1.807) is 0 Å². The van der Waals surface area contributed by atoms with E-state index in [1.165, 1.54) is 22.4 Å². The molecule has 0 aliphatic rings. The quantitative estimate of drug-likeness (QED) is 0.691. The van der Waals surface area contributed by atoms with Gasteiger partial charge in [-0.3, -0.25) is 0 Å². The summed E-state index contributed by atoms with van der Waals surface area (Å²) in [6, 6.07) is 17.3. The van der Waals surface area contributed by atoms with Crippen LogP contribution >= 0.6 is 23.4 Å². The molecule has 0 radical (unpaired) electrons. The molecule has 0 bridgehead atoms. The Morgan fingerprint density at radius 1 is 1.14 bits per heavy atom. The molecule has 1 nitrogen and oxygen atoms in total. The van der Waals surface area contributed by atoms with E-state index in [9.17, 15) is 0 Å². The van der Waals surface area contributed by atoms with Crippen molar-refractivity contribution >= 4 is 23.4 Å². The highest BCUT2D eigenvalue weighted by Gasteiger charge is 2.10. The topological polar surface area (TPSA) is 12.0 Å². The van der Waals surface area contributed by atoms with Crippen LogP contribution < -0.4 is 5.32 Å². The van der Waals surface area contributed by atoms with Crippen molar-refractivity contribution in [2.75, 3.05) is 12.8 Å². The standard InChI is InChI=1S/C18H22ClNS/c1-3-6-14-7-4-8-15(11-14)18(20-2)13-21-17-10-5-9-16(19)12-17/h4-5,7-12,18,20H,3,6,13H2,1-2H3. The Labute approximate surface area is 137 Å². The van der Waals surface area contributed by atoms with Crippen LogP contribution in [0.15, 0.2) is 53.4 Å². The van der Waals surface area contributed by atoms with Crippen LogP contribution in [0.5, 0.6) is 0 Å². The SMILES string of the molecule is CCCc1cccc(C(CSc2cccc(Cl)c2)NC)c1. The molecule has 0 saturated carbocycles. The van der Waals surface area contributed by atoms with E-state index in [1.807, 2.05) is 37.0 Å². The molecular weight excluding hydrogens is 298 g/mol. The predicted octanol–water partition coefficient (Wildman–Crippen LogP) is 5.35. The van der Waals surface area contributed by atoms with Gasteiger partial charge in [-0.05, 0) is 42.8 Å². The zero-order chi connectivity index (χ0) is 15.1. The number of aryl methyl sites for hydroxylation is 1. The maximum Gasteiger partial charge on any atom is 0.0417 e. The summed E-state index contributed by atoms with van der Waals surface area (Å²) in [5.74, 6) is 0.992. The van der Waals surface area contributed by atoms with E-state index < -0.39 is 0 Å². The van der Waals surface area contributed by atoms with Gasteiger partial charge in [0.2, 0.25) is 0 Å². The highest BCUT2D eigenvalue weighted by atomic mass is 35.5. The molecule has 0 aromatic heterocycles. The molecule has 0 fully saturated rings. The number of hydrogen-bond donors (Lipinski definition) is 1. The largest absolute Gasteiger partial charge is 0.312 e. The second-order valence-electron chi connectivity index (χ2n) is 5.10. The maximum atomic E-state index is 6.04.